The Morgan fingerprint density at radius 3 is 2.75 bits per heavy atom. The minimum absolute atomic E-state index is 0.0827. The highest BCUT2D eigenvalue weighted by atomic mass is 32.2. The highest BCUT2D eigenvalue weighted by Crippen LogP contribution is 2.31. The molecule has 0 fully saturated rings. The van der Waals surface area contributed by atoms with Gasteiger partial charge in [0.25, 0.3) is 0 Å². The molecule has 166 valence electrons. The largest absolute Gasteiger partial charge is 0.382 e. The fraction of sp³-hybridized carbons (Fsp3) is 0.333. The van der Waals surface area contributed by atoms with Gasteiger partial charge in [-0.25, -0.2) is 0 Å². The molecule has 0 aliphatic heterocycles. The number of aryl methyl sites for hydroxylation is 1. The van der Waals surface area contributed by atoms with Crippen LogP contribution in [0.1, 0.15) is 36.3 Å². The van der Waals surface area contributed by atoms with E-state index < -0.39 is 0 Å². The molecule has 4 rings (SSSR count). The zero-order chi connectivity index (χ0) is 22.5. The Hall–Kier alpha value is -2.97. The molecular weight excluding hydrogens is 422 g/mol. The summed E-state index contributed by atoms with van der Waals surface area (Å²) in [5.41, 5.74) is 3.56. The average Bonchev–Trinajstić information content (AvgIpc) is 3.36. The third-order valence-corrected chi connectivity index (χ3v) is 6.40. The van der Waals surface area contributed by atoms with Gasteiger partial charge in [-0.3, -0.25) is 9.78 Å². The van der Waals surface area contributed by atoms with Gasteiger partial charge in [0.15, 0.2) is 16.8 Å². The van der Waals surface area contributed by atoms with Crippen LogP contribution in [-0.2, 0) is 11.3 Å². The van der Waals surface area contributed by atoms with Gasteiger partial charge in [0.2, 0.25) is 0 Å². The van der Waals surface area contributed by atoms with Gasteiger partial charge in [-0.1, -0.05) is 30.0 Å². The van der Waals surface area contributed by atoms with E-state index in [1.807, 2.05) is 57.2 Å². The number of thioether (sulfide) groups is 1. The fourth-order valence-electron chi connectivity index (χ4n) is 3.77. The zero-order valence-corrected chi connectivity index (χ0v) is 19.4. The lowest BCUT2D eigenvalue weighted by Gasteiger charge is -2.13. The molecule has 0 aliphatic rings. The van der Waals surface area contributed by atoms with Crippen molar-refractivity contribution in [2.45, 2.75) is 44.1 Å². The molecule has 0 saturated heterocycles. The summed E-state index contributed by atoms with van der Waals surface area (Å²) in [5, 5.41) is 10.2. The average molecular weight is 450 g/mol. The molecule has 3 heterocycles. The van der Waals surface area contributed by atoms with Gasteiger partial charge < -0.3 is 14.3 Å². The number of H-pyrrole nitrogens is 1. The molecule has 0 radical (unpaired) electrons. The van der Waals surface area contributed by atoms with Crippen LogP contribution in [0.3, 0.4) is 0 Å². The maximum absolute atomic E-state index is 13.4. The number of ketones is 1. The van der Waals surface area contributed by atoms with Crippen LogP contribution in [0.2, 0.25) is 0 Å². The van der Waals surface area contributed by atoms with Crippen LogP contribution in [0, 0.1) is 6.92 Å². The van der Waals surface area contributed by atoms with Crippen LogP contribution in [0.4, 0.5) is 0 Å². The Labute approximate surface area is 191 Å². The predicted molar refractivity (Wildman–Crippen MR) is 127 cm³/mol. The molecule has 1 aromatic carbocycles. The summed E-state index contributed by atoms with van der Waals surface area (Å²) in [4.78, 5) is 20.8. The zero-order valence-electron chi connectivity index (χ0n) is 18.5. The molecule has 8 heteroatoms. The van der Waals surface area contributed by atoms with E-state index in [1.165, 1.54) is 11.8 Å². The van der Waals surface area contributed by atoms with Crippen molar-refractivity contribution in [1.29, 1.82) is 0 Å². The molecule has 0 aliphatic carbocycles. The second-order valence-corrected chi connectivity index (χ2v) is 8.85. The predicted octanol–water partition coefficient (Wildman–Crippen LogP) is 4.92. The van der Waals surface area contributed by atoms with E-state index in [1.54, 1.807) is 12.4 Å². The maximum atomic E-state index is 13.4. The second-order valence-electron chi connectivity index (χ2n) is 7.54. The normalized spacial score (nSPS) is 12.3. The number of nitrogens with one attached hydrogen (secondary N) is 1. The highest BCUT2D eigenvalue weighted by Gasteiger charge is 2.25. The van der Waals surface area contributed by atoms with Gasteiger partial charge in [0.05, 0.1) is 5.25 Å². The number of hydrogen-bond acceptors (Lipinski definition) is 6. The van der Waals surface area contributed by atoms with Crippen LogP contribution in [0.5, 0.6) is 0 Å². The van der Waals surface area contributed by atoms with E-state index in [2.05, 4.69) is 24.7 Å². The Bertz CT molecular complexity index is 1200. The third kappa shape index (κ3) is 4.61. The lowest BCUT2D eigenvalue weighted by atomic mass is 10.1. The van der Waals surface area contributed by atoms with Crippen LogP contribution < -0.4 is 0 Å². The van der Waals surface area contributed by atoms with Gasteiger partial charge in [-0.05, 0) is 45.4 Å². The molecule has 32 heavy (non-hydrogen) atoms. The first kappa shape index (κ1) is 22.2. The van der Waals surface area contributed by atoms with Crippen molar-refractivity contribution in [3.05, 3.63) is 60.0 Å². The molecule has 3 aromatic heterocycles. The summed E-state index contributed by atoms with van der Waals surface area (Å²) in [6, 6.07) is 11.7. The van der Waals surface area contributed by atoms with E-state index in [-0.39, 0.29) is 11.0 Å². The van der Waals surface area contributed by atoms with Crippen molar-refractivity contribution < 1.29 is 9.53 Å². The first-order chi connectivity index (χ1) is 15.6. The lowest BCUT2D eigenvalue weighted by Crippen LogP contribution is -2.16. The van der Waals surface area contributed by atoms with Crippen molar-refractivity contribution in [3.63, 3.8) is 0 Å². The first-order valence-corrected chi connectivity index (χ1v) is 11.7. The molecule has 4 aromatic rings. The standard InChI is InChI=1S/C24H27N5O2S/c1-4-31-15-7-14-29-23(18-10-12-25-13-11-18)27-28-24(29)32-17(3)22(30)21-16(2)26-20-9-6-5-8-19(20)21/h5-6,8-13,17,26H,4,7,14-15H2,1-3H3/t17-/m0/s1. The number of para-hydroxylation sites is 1. The number of hydrogen-bond donors (Lipinski definition) is 1. The Morgan fingerprint density at radius 2 is 1.97 bits per heavy atom. The topological polar surface area (TPSA) is 85.7 Å². The van der Waals surface area contributed by atoms with E-state index in [0.717, 1.165) is 45.1 Å². The molecule has 0 amide bonds. The molecule has 7 nitrogen and oxygen atoms in total. The van der Waals surface area contributed by atoms with Crippen LogP contribution in [0.25, 0.3) is 22.3 Å². The van der Waals surface area contributed by atoms with Crippen molar-refractivity contribution >= 4 is 28.4 Å². The second kappa shape index (κ2) is 10.1. The van der Waals surface area contributed by atoms with Crippen LogP contribution >= 0.6 is 11.8 Å². The van der Waals surface area contributed by atoms with Crippen LogP contribution in [0.15, 0.2) is 53.9 Å². The molecule has 1 atom stereocenters. The van der Waals surface area contributed by atoms with E-state index in [0.29, 0.717) is 19.8 Å². The van der Waals surface area contributed by atoms with Gasteiger partial charge in [0.1, 0.15) is 0 Å². The number of fused-ring (bicyclic) bond motifs is 1. The number of rotatable bonds is 10. The van der Waals surface area contributed by atoms with Crippen molar-refractivity contribution in [2.75, 3.05) is 13.2 Å². The summed E-state index contributed by atoms with van der Waals surface area (Å²) < 4.78 is 7.59. The molecule has 0 spiro atoms. The molecule has 0 unspecified atom stereocenters. The summed E-state index contributed by atoms with van der Waals surface area (Å²) in [6.07, 6.45) is 4.32. The van der Waals surface area contributed by atoms with E-state index in [4.69, 9.17) is 4.74 Å². The SMILES string of the molecule is CCOCCCn1c(S[C@@H](C)C(=O)c2c(C)[nH]c3ccccc23)nnc1-c1ccncc1. The number of aromatic nitrogens is 5. The van der Waals surface area contributed by atoms with Crippen molar-refractivity contribution in [1.82, 2.24) is 24.7 Å². The minimum atomic E-state index is -0.312. The number of aromatic amines is 1. The van der Waals surface area contributed by atoms with Gasteiger partial charge in [-0.2, -0.15) is 0 Å². The summed E-state index contributed by atoms with van der Waals surface area (Å²) in [7, 11) is 0. The summed E-state index contributed by atoms with van der Waals surface area (Å²) in [5.74, 6) is 0.855. The van der Waals surface area contributed by atoms with Crippen LogP contribution in [-0.4, -0.2) is 49.0 Å². The lowest BCUT2D eigenvalue weighted by molar-refractivity contribution is 0.0994. The molecular formula is C24H27N5O2S. The number of carbonyl (C=O) groups is 1. The third-order valence-electron chi connectivity index (χ3n) is 5.32. The van der Waals surface area contributed by atoms with E-state index in [9.17, 15) is 4.79 Å². The van der Waals surface area contributed by atoms with Gasteiger partial charge in [-0.15, -0.1) is 10.2 Å². The number of carbonyl (C=O) groups excluding carboxylic acids is 1. The monoisotopic (exact) mass is 449 g/mol. The maximum Gasteiger partial charge on any atom is 0.192 e. The number of Topliss-reactive ketones (excluding diaryl/α,β-unsaturated/α-hetero) is 1. The fourth-order valence-corrected chi connectivity index (χ4v) is 4.70. The minimum Gasteiger partial charge on any atom is -0.382 e. The number of nitrogens with zero attached hydrogens (tertiary/aromatic N) is 4. The molecule has 0 bridgehead atoms. The Kier molecular flexibility index (Phi) is 7.02. The smallest absolute Gasteiger partial charge is 0.192 e. The Morgan fingerprint density at radius 1 is 1.19 bits per heavy atom. The summed E-state index contributed by atoms with van der Waals surface area (Å²) >= 11 is 1.44. The Balaban J connectivity index is 1.60. The quantitative estimate of drug-likeness (QED) is 0.210. The number of ether oxygens (including phenoxy) is 1. The summed E-state index contributed by atoms with van der Waals surface area (Å²) in [6.45, 7) is 7.93. The highest BCUT2D eigenvalue weighted by molar-refractivity contribution is 8.00. The first-order valence-electron chi connectivity index (χ1n) is 10.8. The van der Waals surface area contributed by atoms with Crippen molar-refractivity contribution in [2.24, 2.45) is 0 Å². The van der Waals surface area contributed by atoms with E-state index >= 15 is 0 Å². The molecule has 1 N–H and O–H groups in total. The number of pyridine rings is 1. The van der Waals surface area contributed by atoms with Gasteiger partial charge >= 0.3 is 0 Å². The molecule has 0 saturated carbocycles. The van der Waals surface area contributed by atoms with Gasteiger partial charge in [0, 0.05) is 59.9 Å². The van der Waals surface area contributed by atoms with Crippen molar-refractivity contribution in [3.8, 4) is 11.4 Å². The number of benzene rings is 1.